The number of rotatable bonds is 3. The van der Waals surface area contributed by atoms with Crippen molar-refractivity contribution in [3.05, 3.63) is 75.8 Å². The Hall–Kier alpha value is -1.77. The van der Waals surface area contributed by atoms with E-state index in [-0.39, 0.29) is 11.5 Å². The van der Waals surface area contributed by atoms with Gasteiger partial charge in [-0.1, -0.05) is 47.5 Å². The molecule has 96 valence electrons. The first-order valence-corrected chi connectivity index (χ1v) is 6.28. The molecule has 0 bridgehead atoms. The second kappa shape index (κ2) is 5.91. The first kappa shape index (κ1) is 13.7. The molecule has 2 rings (SSSR count). The van der Waals surface area contributed by atoms with Gasteiger partial charge in [0.25, 0.3) is 0 Å². The van der Waals surface area contributed by atoms with E-state index in [2.05, 4.69) is 0 Å². The molecule has 0 saturated heterocycles. The van der Waals surface area contributed by atoms with E-state index in [1.165, 1.54) is 0 Å². The molecule has 0 aliphatic rings. The van der Waals surface area contributed by atoms with Crippen molar-refractivity contribution in [1.82, 2.24) is 0 Å². The lowest BCUT2D eigenvalue weighted by Crippen LogP contribution is -1.96. The average Bonchev–Trinajstić information content (AvgIpc) is 2.38. The Balaban J connectivity index is 2.28. The number of hydrogen-bond donors (Lipinski definition) is 1. The van der Waals surface area contributed by atoms with E-state index in [4.69, 9.17) is 23.2 Å². The van der Waals surface area contributed by atoms with Crippen LogP contribution in [-0.4, -0.2) is 10.9 Å². The highest BCUT2D eigenvalue weighted by Crippen LogP contribution is 2.18. The number of allylic oxidation sites excluding steroid dienone is 1. The Morgan fingerprint density at radius 3 is 2.05 bits per heavy atom. The fraction of sp³-hybridized carbons (Fsp3) is 0. The van der Waals surface area contributed by atoms with Crippen LogP contribution in [0.3, 0.4) is 0 Å². The van der Waals surface area contributed by atoms with Crippen molar-refractivity contribution in [2.45, 2.75) is 0 Å². The minimum absolute atomic E-state index is 0.132. The van der Waals surface area contributed by atoms with E-state index in [1.54, 1.807) is 48.5 Å². The van der Waals surface area contributed by atoms with Crippen LogP contribution in [0.4, 0.5) is 0 Å². The predicted molar refractivity (Wildman–Crippen MR) is 77.8 cm³/mol. The summed E-state index contributed by atoms with van der Waals surface area (Å²) in [7, 11) is 0. The third-order valence-electron chi connectivity index (χ3n) is 2.50. The SMILES string of the molecule is O=C(/C=C(\O)c1cccc(Cl)c1)c1cccc(Cl)c1. The highest BCUT2D eigenvalue weighted by atomic mass is 35.5. The van der Waals surface area contributed by atoms with Crippen LogP contribution < -0.4 is 0 Å². The molecule has 4 heteroatoms. The summed E-state index contributed by atoms with van der Waals surface area (Å²) in [4.78, 5) is 11.9. The van der Waals surface area contributed by atoms with Crippen molar-refractivity contribution >= 4 is 34.7 Å². The molecule has 2 aromatic rings. The predicted octanol–water partition coefficient (Wildman–Crippen LogP) is 4.78. The molecule has 0 unspecified atom stereocenters. The van der Waals surface area contributed by atoms with Crippen molar-refractivity contribution < 1.29 is 9.90 Å². The van der Waals surface area contributed by atoms with Gasteiger partial charge < -0.3 is 5.11 Å². The van der Waals surface area contributed by atoms with Crippen LogP contribution in [0.1, 0.15) is 15.9 Å². The van der Waals surface area contributed by atoms with Gasteiger partial charge in [-0.25, -0.2) is 0 Å². The Kier molecular flexibility index (Phi) is 4.25. The summed E-state index contributed by atoms with van der Waals surface area (Å²) in [6.07, 6.45) is 1.15. The Labute approximate surface area is 120 Å². The molecule has 0 spiro atoms. The maximum Gasteiger partial charge on any atom is 0.189 e. The normalized spacial score (nSPS) is 11.4. The minimum Gasteiger partial charge on any atom is -0.507 e. The summed E-state index contributed by atoms with van der Waals surface area (Å²) < 4.78 is 0. The second-order valence-electron chi connectivity index (χ2n) is 3.91. The van der Waals surface area contributed by atoms with Gasteiger partial charge in [-0.15, -0.1) is 0 Å². The lowest BCUT2D eigenvalue weighted by Gasteiger charge is -2.01. The first-order chi connectivity index (χ1) is 9.06. The molecule has 0 atom stereocenters. The zero-order valence-corrected chi connectivity index (χ0v) is 11.3. The third kappa shape index (κ3) is 3.60. The maximum absolute atomic E-state index is 11.9. The molecule has 2 nitrogen and oxygen atoms in total. The van der Waals surface area contributed by atoms with Crippen LogP contribution in [0.2, 0.25) is 10.0 Å². The fourth-order valence-electron chi connectivity index (χ4n) is 1.58. The fourth-order valence-corrected chi connectivity index (χ4v) is 1.96. The van der Waals surface area contributed by atoms with Gasteiger partial charge in [-0.3, -0.25) is 4.79 Å². The van der Waals surface area contributed by atoms with Crippen LogP contribution in [-0.2, 0) is 0 Å². The molecule has 19 heavy (non-hydrogen) atoms. The number of carbonyl (C=O) groups excluding carboxylic acids is 1. The van der Waals surface area contributed by atoms with E-state index >= 15 is 0 Å². The van der Waals surface area contributed by atoms with Gasteiger partial charge in [0.15, 0.2) is 5.78 Å². The Bertz CT molecular complexity index is 648. The second-order valence-corrected chi connectivity index (χ2v) is 4.79. The molecule has 0 aliphatic carbocycles. The summed E-state index contributed by atoms with van der Waals surface area (Å²) in [5.74, 6) is -0.451. The van der Waals surface area contributed by atoms with E-state index in [0.717, 1.165) is 6.08 Å². The van der Waals surface area contributed by atoms with E-state index in [1.807, 2.05) is 0 Å². The zero-order chi connectivity index (χ0) is 13.8. The van der Waals surface area contributed by atoms with Crippen molar-refractivity contribution in [2.24, 2.45) is 0 Å². The van der Waals surface area contributed by atoms with Gasteiger partial charge in [0, 0.05) is 27.2 Å². The molecule has 0 saturated carbocycles. The van der Waals surface area contributed by atoms with Crippen molar-refractivity contribution in [3.8, 4) is 0 Å². The van der Waals surface area contributed by atoms with Crippen molar-refractivity contribution in [2.75, 3.05) is 0 Å². The smallest absolute Gasteiger partial charge is 0.189 e. The summed E-state index contributed by atoms with van der Waals surface area (Å²) >= 11 is 11.6. The summed E-state index contributed by atoms with van der Waals surface area (Å²) in [6, 6.07) is 13.2. The van der Waals surface area contributed by atoms with E-state index in [0.29, 0.717) is 21.2 Å². The molecule has 0 radical (unpaired) electrons. The first-order valence-electron chi connectivity index (χ1n) is 5.53. The number of benzene rings is 2. The summed E-state index contributed by atoms with van der Waals surface area (Å²) in [5, 5.41) is 10.9. The number of halogens is 2. The Morgan fingerprint density at radius 2 is 1.47 bits per heavy atom. The highest BCUT2D eigenvalue weighted by Gasteiger charge is 2.07. The van der Waals surface area contributed by atoms with E-state index < -0.39 is 0 Å². The molecule has 0 fully saturated rings. The van der Waals surface area contributed by atoms with Crippen LogP contribution in [0.25, 0.3) is 5.76 Å². The number of aliphatic hydroxyl groups excluding tert-OH is 1. The number of ketones is 1. The maximum atomic E-state index is 11.9. The molecule has 0 amide bonds. The zero-order valence-electron chi connectivity index (χ0n) is 9.81. The summed E-state index contributed by atoms with van der Waals surface area (Å²) in [6.45, 7) is 0. The monoisotopic (exact) mass is 292 g/mol. The number of aliphatic hydroxyl groups is 1. The third-order valence-corrected chi connectivity index (χ3v) is 2.97. The topological polar surface area (TPSA) is 37.3 Å². The largest absolute Gasteiger partial charge is 0.507 e. The lowest BCUT2D eigenvalue weighted by atomic mass is 10.1. The van der Waals surface area contributed by atoms with Gasteiger partial charge in [0.2, 0.25) is 0 Å². The van der Waals surface area contributed by atoms with Crippen molar-refractivity contribution in [1.29, 1.82) is 0 Å². The Morgan fingerprint density at radius 1 is 0.947 bits per heavy atom. The van der Waals surface area contributed by atoms with Gasteiger partial charge in [0.05, 0.1) is 0 Å². The van der Waals surface area contributed by atoms with Gasteiger partial charge in [-0.05, 0) is 24.3 Å². The molecular formula is C15H10Cl2O2. The summed E-state index contributed by atoms with van der Waals surface area (Å²) in [5.41, 5.74) is 0.906. The van der Waals surface area contributed by atoms with Gasteiger partial charge in [0.1, 0.15) is 5.76 Å². The molecule has 2 aromatic carbocycles. The van der Waals surface area contributed by atoms with Crippen LogP contribution in [0.15, 0.2) is 54.6 Å². The van der Waals surface area contributed by atoms with Crippen molar-refractivity contribution in [3.63, 3.8) is 0 Å². The van der Waals surface area contributed by atoms with Gasteiger partial charge >= 0.3 is 0 Å². The highest BCUT2D eigenvalue weighted by molar-refractivity contribution is 6.31. The minimum atomic E-state index is -0.319. The molecule has 0 aliphatic heterocycles. The average molecular weight is 293 g/mol. The van der Waals surface area contributed by atoms with Gasteiger partial charge in [-0.2, -0.15) is 0 Å². The quantitative estimate of drug-likeness (QED) is 0.502. The standard InChI is InChI=1S/C15H10Cl2O2/c16-12-5-1-3-10(7-12)14(18)9-15(19)11-4-2-6-13(17)8-11/h1-9,18H/b14-9-. The van der Waals surface area contributed by atoms with Crippen LogP contribution in [0, 0.1) is 0 Å². The molecule has 0 aromatic heterocycles. The number of carbonyl (C=O) groups is 1. The van der Waals surface area contributed by atoms with Crippen LogP contribution in [0.5, 0.6) is 0 Å². The van der Waals surface area contributed by atoms with Crippen LogP contribution >= 0.6 is 23.2 Å². The molecule has 0 heterocycles. The number of hydrogen-bond acceptors (Lipinski definition) is 2. The molecular weight excluding hydrogens is 283 g/mol. The molecule has 1 N–H and O–H groups in total. The lowest BCUT2D eigenvalue weighted by molar-refractivity contribution is 0.104. The van der Waals surface area contributed by atoms with E-state index in [9.17, 15) is 9.90 Å².